The Bertz CT molecular complexity index is 1020. The zero-order valence-electron chi connectivity index (χ0n) is 39.5. The second-order valence-electron chi connectivity index (χ2n) is 18.2. The predicted molar refractivity (Wildman–Crippen MR) is 248 cm³/mol. The molecule has 1 N–H and O–H groups in total. The maximum Gasteiger partial charge on any atom is 0.472 e. The summed E-state index contributed by atoms with van der Waals surface area (Å²) in [5, 5.41) is 0. The van der Waals surface area contributed by atoms with E-state index in [1.807, 2.05) is 21.1 Å². The van der Waals surface area contributed by atoms with Crippen molar-refractivity contribution in [2.24, 2.45) is 0 Å². The van der Waals surface area contributed by atoms with E-state index in [4.69, 9.17) is 18.5 Å². The molecule has 350 valence electrons. The number of hydrogen-bond acceptors (Lipinski definition) is 7. The highest BCUT2D eigenvalue weighted by atomic mass is 31.2. The first-order valence-corrected chi connectivity index (χ1v) is 26.4. The highest BCUT2D eigenvalue weighted by Gasteiger charge is 2.27. The molecule has 59 heavy (non-hydrogen) atoms. The molecule has 0 aromatic heterocycles. The lowest BCUT2D eigenvalue weighted by Gasteiger charge is -2.24. The molecule has 0 aliphatic carbocycles. The summed E-state index contributed by atoms with van der Waals surface area (Å²) in [7, 11) is 1.49. The first kappa shape index (κ1) is 57.8. The molecular weight excluding hydrogens is 762 g/mol. The van der Waals surface area contributed by atoms with Gasteiger partial charge in [0, 0.05) is 12.8 Å². The summed E-state index contributed by atoms with van der Waals surface area (Å²) < 4.78 is 34.4. The number of hydrogen-bond donors (Lipinski definition) is 1. The highest BCUT2D eigenvalue weighted by molar-refractivity contribution is 7.47. The van der Waals surface area contributed by atoms with Gasteiger partial charge in [-0.1, -0.05) is 199 Å². The molecule has 0 aliphatic heterocycles. The van der Waals surface area contributed by atoms with E-state index in [2.05, 4.69) is 26.0 Å². The Morgan fingerprint density at radius 2 is 0.864 bits per heavy atom. The normalized spacial score (nSPS) is 13.5. The molecule has 0 bridgehead atoms. The van der Waals surface area contributed by atoms with Gasteiger partial charge in [0.2, 0.25) is 0 Å². The average Bonchev–Trinajstić information content (AvgIpc) is 3.19. The summed E-state index contributed by atoms with van der Waals surface area (Å²) in [5.74, 6) is -0.785. The number of quaternary nitrogens is 1. The third-order valence-corrected chi connectivity index (χ3v) is 12.0. The van der Waals surface area contributed by atoms with E-state index in [9.17, 15) is 19.0 Å². The van der Waals surface area contributed by atoms with Crippen molar-refractivity contribution >= 4 is 19.8 Å². The van der Waals surface area contributed by atoms with Gasteiger partial charge in [0.15, 0.2) is 6.10 Å². The van der Waals surface area contributed by atoms with Gasteiger partial charge < -0.3 is 18.9 Å². The Balaban J connectivity index is 4.20. The van der Waals surface area contributed by atoms with Crippen molar-refractivity contribution in [3.05, 3.63) is 12.2 Å². The molecule has 10 heteroatoms. The Kier molecular flexibility index (Phi) is 41.2. The smallest absolute Gasteiger partial charge is 0.462 e. The Hall–Kier alpha value is -1.25. The number of esters is 2. The van der Waals surface area contributed by atoms with Crippen LogP contribution in [0.4, 0.5) is 0 Å². The number of unbranched alkanes of at least 4 members (excludes halogenated alkanes) is 30. The fourth-order valence-corrected chi connectivity index (χ4v) is 7.87. The number of carbonyl (C=O) groups excluding carboxylic acids is 2. The molecule has 0 aromatic carbocycles. The molecule has 1 unspecified atom stereocenters. The number of likely N-dealkylation sites (N-methyl/N-ethyl adjacent to an activating group) is 1. The second kappa shape index (κ2) is 42.1. The summed E-state index contributed by atoms with van der Waals surface area (Å²) in [6.07, 6.45) is 45.4. The molecule has 9 nitrogen and oxygen atoms in total. The van der Waals surface area contributed by atoms with Gasteiger partial charge in [-0.05, 0) is 38.5 Å². The largest absolute Gasteiger partial charge is 0.472 e. The minimum atomic E-state index is -4.37. The molecule has 0 amide bonds. The van der Waals surface area contributed by atoms with Crippen molar-refractivity contribution in [1.82, 2.24) is 0 Å². The molecule has 0 rings (SSSR count). The van der Waals surface area contributed by atoms with Gasteiger partial charge in [0.1, 0.15) is 19.8 Å². The number of carbonyl (C=O) groups is 2. The minimum Gasteiger partial charge on any atom is -0.462 e. The van der Waals surface area contributed by atoms with Crippen molar-refractivity contribution in [3.63, 3.8) is 0 Å². The van der Waals surface area contributed by atoms with Crippen LogP contribution in [0.5, 0.6) is 0 Å². The van der Waals surface area contributed by atoms with Crippen molar-refractivity contribution in [3.8, 4) is 0 Å². The Morgan fingerprint density at radius 3 is 1.25 bits per heavy atom. The van der Waals surface area contributed by atoms with Gasteiger partial charge in [-0.15, -0.1) is 0 Å². The van der Waals surface area contributed by atoms with Crippen molar-refractivity contribution in [2.75, 3.05) is 47.5 Å². The zero-order valence-corrected chi connectivity index (χ0v) is 40.4. The van der Waals surface area contributed by atoms with E-state index < -0.39 is 26.5 Å². The molecule has 0 heterocycles. The molecule has 0 fully saturated rings. The monoisotopic (exact) mass is 859 g/mol. The van der Waals surface area contributed by atoms with Crippen LogP contribution in [0.25, 0.3) is 0 Å². The Morgan fingerprint density at radius 1 is 0.508 bits per heavy atom. The average molecular weight is 859 g/mol. The van der Waals surface area contributed by atoms with Crippen LogP contribution in [0, 0.1) is 0 Å². The van der Waals surface area contributed by atoms with E-state index in [1.54, 1.807) is 0 Å². The first-order valence-electron chi connectivity index (χ1n) is 24.9. The summed E-state index contributed by atoms with van der Waals surface area (Å²) in [6.45, 7) is 4.46. The van der Waals surface area contributed by atoms with Crippen LogP contribution in [0.15, 0.2) is 12.2 Å². The first-order chi connectivity index (χ1) is 28.5. The van der Waals surface area contributed by atoms with Gasteiger partial charge >= 0.3 is 19.8 Å². The minimum absolute atomic E-state index is 0.0352. The lowest BCUT2D eigenvalue weighted by atomic mass is 10.0. The summed E-state index contributed by atoms with van der Waals surface area (Å²) in [6, 6.07) is 0. The lowest BCUT2D eigenvalue weighted by molar-refractivity contribution is -0.870. The molecule has 0 radical (unpaired) electrons. The molecule has 0 spiro atoms. The molecule has 0 aromatic rings. The number of phosphoric ester groups is 1. The fourth-order valence-electron chi connectivity index (χ4n) is 7.13. The summed E-state index contributed by atoms with van der Waals surface area (Å²) in [5.41, 5.74) is 0. The SMILES string of the molecule is CCCCCCCC/C=C/CCCCCCCCCCCCCC(=O)OC[C@@H](COP(=O)(O)OCC[N+](C)(C)C)OC(=O)CCCCCCCCCCCCCCCC. The molecule has 2 atom stereocenters. The van der Waals surface area contributed by atoms with E-state index in [1.165, 1.54) is 173 Å². The van der Waals surface area contributed by atoms with Gasteiger partial charge in [0.05, 0.1) is 27.7 Å². The highest BCUT2D eigenvalue weighted by Crippen LogP contribution is 2.43. The third-order valence-electron chi connectivity index (χ3n) is 11.0. The van der Waals surface area contributed by atoms with Gasteiger partial charge in [-0.2, -0.15) is 0 Å². The predicted octanol–water partition coefficient (Wildman–Crippen LogP) is 14.5. The number of nitrogens with zero attached hydrogens (tertiary/aromatic N) is 1. The number of rotatable bonds is 46. The van der Waals surface area contributed by atoms with Crippen LogP contribution >= 0.6 is 7.82 Å². The third kappa shape index (κ3) is 46.1. The van der Waals surface area contributed by atoms with Crippen molar-refractivity contribution in [2.45, 2.75) is 245 Å². The van der Waals surface area contributed by atoms with Crippen LogP contribution in [-0.4, -0.2) is 74.9 Å². The second-order valence-corrected chi connectivity index (χ2v) is 19.7. The molecule has 0 saturated heterocycles. The van der Waals surface area contributed by atoms with Crippen LogP contribution in [0.3, 0.4) is 0 Å². The van der Waals surface area contributed by atoms with Gasteiger partial charge in [-0.3, -0.25) is 18.6 Å². The van der Waals surface area contributed by atoms with Gasteiger partial charge in [-0.25, -0.2) is 4.57 Å². The van der Waals surface area contributed by atoms with Crippen LogP contribution in [-0.2, 0) is 32.7 Å². The fraction of sp³-hybridized carbons (Fsp3) is 0.918. The van der Waals surface area contributed by atoms with E-state index in [0.717, 1.165) is 32.1 Å². The molecule has 0 saturated carbocycles. The zero-order chi connectivity index (χ0) is 43.6. The lowest BCUT2D eigenvalue weighted by Crippen LogP contribution is -2.37. The maximum absolute atomic E-state index is 12.7. The molecule has 0 aliphatic rings. The van der Waals surface area contributed by atoms with Crippen LogP contribution in [0.2, 0.25) is 0 Å². The van der Waals surface area contributed by atoms with E-state index in [-0.39, 0.29) is 25.6 Å². The van der Waals surface area contributed by atoms with Crippen molar-refractivity contribution in [1.29, 1.82) is 0 Å². The standard InChI is InChI=1S/C49H96NO8P/c1-6-8-10-12-14-16-18-20-22-23-24-25-26-27-28-30-31-33-35-37-39-41-48(51)55-45-47(46-57-59(53,54)56-44-43-50(3,4)5)58-49(52)42-40-38-36-34-32-29-21-19-17-15-13-11-9-7-2/h20,22,47H,6-19,21,23-46H2,1-5H3/p+1/b22-20+/t47-/m0/s1. The number of allylic oxidation sites excluding steroid dienone is 2. The summed E-state index contributed by atoms with van der Waals surface area (Å²) in [4.78, 5) is 35.5. The topological polar surface area (TPSA) is 108 Å². The number of phosphoric acid groups is 1. The van der Waals surface area contributed by atoms with Crippen LogP contribution < -0.4 is 0 Å². The van der Waals surface area contributed by atoms with E-state index >= 15 is 0 Å². The number of ether oxygens (including phenoxy) is 2. The van der Waals surface area contributed by atoms with Crippen LogP contribution in [0.1, 0.15) is 239 Å². The summed E-state index contributed by atoms with van der Waals surface area (Å²) >= 11 is 0. The van der Waals surface area contributed by atoms with Gasteiger partial charge in [0.25, 0.3) is 0 Å². The quantitative estimate of drug-likeness (QED) is 0.0212. The van der Waals surface area contributed by atoms with E-state index in [0.29, 0.717) is 23.9 Å². The van der Waals surface area contributed by atoms with Crippen molar-refractivity contribution < 1.29 is 42.1 Å². The maximum atomic E-state index is 12.7. The Labute approximate surface area is 365 Å². The molecular formula is C49H97NO8P+.